The van der Waals surface area contributed by atoms with E-state index in [4.69, 9.17) is 9.72 Å². The van der Waals surface area contributed by atoms with E-state index in [0.717, 1.165) is 43.3 Å². The third kappa shape index (κ3) is 3.88. The molecule has 1 aliphatic rings. The fraction of sp³-hybridized carbons (Fsp3) is 0.529. The summed E-state index contributed by atoms with van der Waals surface area (Å²) < 4.78 is 6.00. The highest BCUT2D eigenvalue weighted by atomic mass is 32.1. The van der Waals surface area contributed by atoms with E-state index in [1.807, 2.05) is 12.4 Å². The summed E-state index contributed by atoms with van der Waals surface area (Å²) in [5.41, 5.74) is 6.30. The van der Waals surface area contributed by atoms with Gasteiger partial charge < -0.3 is 9.64 Å². The van der Waals surface area contributed by atoms with Gasteiger partial charge in [0.25, 0.3) is 0 Å². The fourth-order valence-corrected chi connectivity index (χ4v) is 3.62. The lowest BCUT2D eigenvalue weighted by atomic mass is 10.1. The van der Waals surface area contributed by atoms with E-state index in [-0.39, 0.29) is 6.10 Å². The minimum absolute atomic E-state index is 0.0376. The quantitative estimate of drug-likeness (QED) is 0.861. The second-order valence-corrected chi connectivity index (χ2v) is 7.18. The molecule has 0 N–H and O–H groups in total. The average Bonchev–Trinajstić information content (AvgIpc) is 2.92. The van der Waals surface area contributed by atoms with Crippen LogP contribution in [0.15, 0.2) is 17.6 Å². The van der Waals surface area contributed by atoms with E-state index in [9.17, 15) is 0 Å². The van der Waals surface area contributed by atoms with Crippen molar-refractivity contribution >= 4 is 17.0 Å². The standard InChI is InChI=1S/C17H24N4OS/c1-12-7-14(20(3)4)8-15(19-12)16-9-21(5-6-22-16)10-17-13(2)18-11-23-17/h7-8,11,16H,5-6,9-10H2,1-4H3/t16-/m1/s1. The number of hydrogen-bond donors (Lipinski definition) is 0. The smallest absolute Gasteiger partial charge is 0.112 e. The predicted molar refractivity (Wildman–Crippen MR) is 94.1 cm³/mol. The summed E-state index contributed by atoms with van der Waals surface area (Å²) in [4.78, 5) is 14.9. The molecule has 3 rings (SSSR count). The minimum atomic E-state index is 0.0376. The van der Waals surface area contributed by atoms with Crippen molar-refractivity contribution < 1.29 is 4.74 Å². The molecule has 0 bridgehead atoms. The van der Waals surface area contributed by atoms with Crippen molar-refractivity contribution in [2.24, 2.45) is 0 Å². The van der Waals surface area contributed by atoms with Gasteiger partial charge in [0.1, 0.15) is 6.10 Å². The van der Waals surface area contributed by atoms with Gasteiger partial charge in [0.15, 0.2) is 0 Å². The van der Waals surface area contributed by atoms with Gasteiger partial charge in [0, 0.05) is 50.0 Å². The Balaban J connectivity index is 1.74. The van der Waals surface area contributed by atoms with Gasteiger partial charge >= 0.3 is 0 Å². The van der Waals surface area contributed by atoms with Gasteiger partial charge in [-0.3, -0.25) is 9.88 Å². The normalized spacial score (nSPS) is 19.0. The molecule has 2 aromatic rings. The molecule has 1 aliphatic heterocycles. The largest absolute Gasteiger partial charge is 0.378 e. The summed E-state index contributed by atoms with van der Waals surface area (Å²) in [6, 6.07) is 4.24. The first-order valence-electron chi connectivity index (χ1n) is 7.92. The van der Waals surface area contributed by atoms with Crippen LogP contribution in [0.3, 0.4) is 0 Å². The number of aromatic nitrogens is 2. The number of nitrogens with zero attached hydrogens (tertiary/aromatic N) is 4. The molecule has 5 nitrogen and oxygen atoms in total. The van der Waals surface area contributed by atoms with Gasteiger partial charge in [-0.15, -0.1) is 11.3 Å². The Kier molecular flexibility index (Phi) is 4.94. The van der Waals surface area contributed by atoms with Crippen LogP contribution >= 0.6 is 11.3 Å². The molecule has 1 atom stereocenters. The SMILES string of the molecule is Cc1cc(N(C)C)cc([C@H]2CN(Cc3scnc3C)CCO2)n1. The van der Waals surface area contributed by atoms with Gasteiger partial charge in [0.2, 0.25) is 0 Å². The maximum Gasteiger partial charge on any atom is 0.112 e. The highest BCUT2D eigenvalue weighted by molar-refractivity contribution is 7.09. The summed E-state index contributed by atoms with van der Waals surface area (Å²) in [7, 11) is 4.11. The fourth-order valence-electron chi connectivity index (χ4n) is 2.80. The van der Waals surface area contributed by atoms with Crippen LogP contribution < -0.4 is 4.90 Å². The summed E-state index contributed by atoms with van der Waals surface area (Å²) in [6.45, 7) is 7.64. The number of morpholine rings is 1. The number of ether oxygens (including phenoxy) is 1. The Morgan fingerprint density at radius 1 is 1.35 bits per heavy atom. The maximum atomic E-state index is 6.00. The number of anilines is 1. The Labute approximate surface area is 141 Å². The maximum absolute atomic E-state index is 6.00. The van der Waals surface area contributed by atoms with E-state index >= 15 is 0 Å². The van der Waals surface area contributed by atoms with Gasteiger partial charge in [0.05, 0.1) is 23.5 Å². The van der Waals surface area contributed by atoms with Crippen LogP contribution in [-0.2, 0) is 11.3 Å². The van der Waals surface area contributed by atoms with E-state index in [1.54, 1.807) is 11.3 Å². The molecule has 6 heteroatoms. The van der Waals surface area contributed by atoms with Crippen molar-refractivity contribution in [2.45, 2.75) is 26.5 Å². The number of hydrogen-bond acceptors (Lipinski definition) is 6. The molecular formula is C17H24N4OS. The van der Waals surface area contributed by atoms with Crippen LogP contribution in [0.4, 0.5) is 5.69 Å². The third-order valence-corrected chi connectivity index (χ3v) is 5.09. The first kappa shape index (κ1) is 16.4. The summed E-state index contributed by atoms with van der Waals surface area (Å²) in [5, 5.41) is 0. The van der Waals surface area contributed by atoms with E-state index in [2.05, 4.69) is 47.9 Å². The van der Waals surface area contributed by atoms with Crippen molar-refractivity contribution in [1.82, 2.24) is 14.9 Å². The Morgan fingerprint density at radius 3 is 2.87 bits per heavy atom. The number of pyridine rings is 1. The monoisotopic (exact) mass is 332 g/mol. The molecule has 0 spiro atoms. The van der Waals surface area contributed by atoms with Crippen LogP contribution in [-0.4, -0.2) is 48.7 Å². The topological polar surface area (TPSA) is 41.5 Å². The van der Waals surface area contributed by atoms with Gasteiger partial charge in [-0.25, -0.2) is 4.98 Å². The summed E-state index contributed by atoms with van der Waals surface area (Å²) >= 11 is 1.73. The Morgan fingerprint density at radius 2 is 2.17 bits per heavy atom. The van der Waals surface area contributed by atoms with Crippen molar-refractivity contribution in [1.29, 1.82) is 0 Å². The van der Waals surface area contributed by atoms with Crippen LogP contribution in [0.2, 0.25) is 0 Å². The lowest BCUT2D eigenvalue weighted by Gasteiger charge is -2.32. The highest BCUT2D eigenvalue weighted by Crippen LogP contribution is 2.26. The number of thiazole rings is 1. The molecule has 0 unspecified atom stereocenters. The molecule has 1 fully saturated rings. The van der Waals surface area contributed by atoms with Gasteiger partial charge in [-0.05, 0) is 26.0 Å². The summed E-state index contributed by atoms with van der Waals surface area (Å²) in [5.74, 6) is 0. The molecule has 124 valence electrons. The molecule has 1 saturated heterocycles. The molecule has 3 heterocycles. The van der Waals surface area contributed by atoms with Crippen molar-refractivity contribution in [3.63, 3.8) is 0 Å². The predicted octanol–water partition coefficient (Wildman–Crippen LogP) is 2.79. The van der Waals surface area contributed by atoms with Crippen LogP contribution in [0.1, 0.15) is 28.1 Å². The van der Waals surface area contributed by atoms with Crippen molar-refractivity contribution in [2.75, 3.05) is 38.7 Å². The van der Waals surface area contributed by atoms with Crippen LogP contribution in [0.25, 0.3) is 0 Å². The van der Waals surface area contributed by atoms with Crippen molar-refractivity contribution in [3.05, 3.63) is 39.6 Å². The first-order valence-corrected chi connectivity index (χ1v) is 8.79. The average molecular weight is 332 g/mol. The van der Waals surface area contributed by atoms with Crippen molar-refractivity contribution in [3.8, 4) is 0 Å². The lowest BCUT2D eigenvalue weighted by molar-refractivity contribution is -0.0347. The Bertz CT molecular complexity index is 670. The molecular weight excluding hydrogens is 308 g/mol. The first-order chi connectivity index (χ1) is 11.0. The van der Waals surface area contributed by atoms with Crippen LogP contribution in [0.5, 0.6) is 0 Å². The highest BCUT2D eigenvalue weighted by Gasteiger charge is 2.24. The molecule has 0 aromatic carbocycles. The molecule has 23 heavy (non-hydrogen) atoms. The summed E-state index contributed by atoms with van der Waals surface area (Å²) in [6.07, 6.45) is 0.0376. The number of aryl methyl sites for hydroxylation is 2. The third-order valence-electron chi connectivity index (χ3n) is 4.17. The van der Waals surface area contributed by atoms with E-state index < -0.39 is 0 Å². The second kappa shape index (κ2) is 6.95. The van der Waals surface area contributed by atoms with Gasteiger partial charge in [-0.1, -0.05) is 0 Å². The zero-order chi connectivity index (χ0) is 16.4. The molecule has 0 radical (unpaired) electrons. The molecule has 0 saturated carbocycles. The molecule has 0 amide bonds. The van der Waals surface area contributed by atoms with E-state index in [1.165, 1.54) is 10.6 Å². The second-order valence-electron chi connectivity index (χ2n) is 6.24. The van der Waals surface area contributed by atoms with E-state index in [0.29, 0.717) is 0 Å². The lowest BCUT2D eigenvalue weighted by Crippen LogP contribution is -2.38. The number of rotatable bonds is 4. The van der Waals surface area contributed by atoms with Gasteiger partial charge in [-0.2, -0.15) is 0 Å². The Hall–Kier alpha value is -1.50. The minimum Gasteiger partial charge on any atom is -0.378 e. The molecule has 0 aliphatic carbocycles. The van der Waals surface area contributed by atoms with Crippen LogP contribution in [0, 0.1) is 13.8 Å². The zero-order valence-corrected chi connectivity index (χ0v) is 15.1. The zero-order valence-electron chi connectivity index (χ0n) is 14.2. The molecule has 2 aromatic heterocycles.